The molecule has 0 radical (unpaired) electrons. The quantitative estimate of drug-likeness (QED) is 0.344. The molecule has 148 valence electrons. The first-order chi connectivity index (χ1) is 12.8. The standard InChI is InChI=1S/C19H29N5O3/c1-14-4-8-16(9-5-14)22-19(21-13-18(25)23(2)3)20-12-15-6-10-17(11-7-15)24(26)27/h6-7,10-11,14,16H,4-5,8-9,12-13H2,1-3H3,(H2,20,21,22). The average molecular weight is 375 g/mol. The Morgan fingerprint density at radius 3 is 2.41 bits per heavy atom. The molecule has 1 amide bonds. The van der Waals surface area contributed by atoms with Crippen molar-refractivity contribution in [1.29, 1.82) is 0 Å². The molecule has 0 spiro atoms. The lowest BCUT2D eigenvalue weighted by molar-refractivity contribution is -0.384. The van der Waals surface area contributed by atoms with E-state index in [0.29, 0.717) is 18.5 Å². The van der Waals surface area contributed by atoms with E-state index in [9.17, 15) is 14.9 Å². The molecule has 1 aliphatic rings. The van der Waals surface area contributed by atoms with Crippen LogP contribution in [0.15, 0.2) is 29.3 Å². The summed E-state index contributed by atoms with van der Waals surface area (Å²) in [7, 11) is 3.43. The van der Waals surface area contributed by atoms with Crippen LogP contribution in [-0.2, 0) is 11.3 Å². The average Bonchev–Trinajstić information content (AvgIpc) is 2.65. The molecular weight excluding hydrogens is 346 g/mol. The number of guanidine groups is 1. The molecule has 1 aliphatic carbocycles. The van der Waals surface area contributed by atoms with E-state index in [1.54, 1.807) is 26.2 Å². The van der Waals surface area contributed by atoms with Gasteiger partial charge in [-0.25, -0.2) is 4.99 Å². The zero-order valence-electron chi connectivity index (χ0n) is 16.3. The van der Waals surface area contributed by atoms with E-state index in [2.05, 4.69) is 22.5 Å². The van der Waals surface area contributed by atoms with Gasteiger partial charge in [0.15, 0.2) is 5.96 Å². The number of benzene rings is 1. The van der Waals surface area contributed by atoms with Crippen molar-refractivity contribution < 1.29 is 9.72 Å². The maximum absolute atomic E-state index is 11.9. The number of nitro benzene ring substituents is 1. The normalized spacial score (nSPS) is 20.0. The third-order valence-corrected chi connectivity index (χ3v) is 4.83. The lowest BCUT2D eigenvalue weighted by Crippen LogP contribution is -2.47. The van der Waals surface area contributed by atoms with Crippen LogP contribution in [0.1, 0.15) is 38.2 Å². The van der Waals surface area contributed by atoms with Crippen molar-refractivity contribution in [2.75, 3.05) is 20.6 Å². The maximum Gasteiger partial charge on any atom is 0.269 e. The Labute approximate surface area is 160 Å². The maximum atomic E-state index is 11.9. The van der Waals surface area contributed by atoms with Crippen LogP contribution in [0, 0.1) is 16.0 Å². The van der Waals surface area contributed by atoms with Gasteiger partial charge in [0.05, 0.1) is 18.0 Å². The summed E-state index contributed by atoms with van der Waals surface area (Å²) < 4.78 is 0. The van der Waals surface area contributed by atoms with E-state index in [1.807, 2.05) is 0 Å². The van der Waals surface area contributed by atoms with Gasteiger partial charge in [-0.15, -0.1) is 0 Å². The molecule has 2 rings (SSSR count). The second-order valence-corrected chi connectivity index (χ2v) is 7.33. The molecule has 27 heavy (non-hydrogen) atoms. The first kappa shape index (κ1) is 20.7. The van der Waals surface area contributed by atoms with Gasteiger partial charge in [0.2, 0.25) is 5.91 Å². The molecule has 1 saturated carbocycles. The molecule has 0 aliphatic heterocycles. The van der Waals surface area contributed by atoms with Gasteiger partial charge in [0.1, 0.15) is 0 Å². The second kappa shape index (κ2) is 9.89. The summed E-state index contributed by atoms with van der Waals surface area (Å²) in [6, 6.07) is 6.70. The molecular formula is C19H29N5O3. The highest BCUT2D eigenvalue weighted by molar-refractivity contribution is 5.86. The van der Waals surface area contributed by atoms with Crippen molar-refractivity contribution in [3.05, 3.63) is 39.9 Å². The molecule has 0 heterocycles. The number of rotatable bonds is 6. The van der Waals surface area contributed by atoms with E-state index in [1.165, 1.54) is 29.9 Å². The molecule has 0 saturated heterocycles. The lowest BCUT2D eigenvalue weighted by Gasteiger charge is -2.28. The minimum atomic E-state index is -0.418. The van der Waals surface area contributed by atoms with Crippen molar-refractivity contribution in [3.63, 3.8) is 0 Å². The number of likely N-dealkylation sites (N-methyl/N-ethyl adjacent to an activating group) is 1. The predicted molar refractivity (Wildman–Crippen MR) is 105 cm³/mol. The van der Waals surface area contributed by atoms with Gasteiger partial charge in [0.25, 0.3) is 5.69 Å². The Bertz CT molecular complexity index is 664. The SMILES string of the molecule is CC1CCC(NC(=NCc2ccc([N+](=O)[O-])cc2)NCC(=O)N(C)C)CC1. The first-order valence-corrected chi connectivity index (χ1v) is 9.33. The molecule has 8 nitrogen and oxygen atoms in total. The first-order valence-electron chi connectivity index (χ1n) is 9.33. The third kappa shape index (κ3) is 6.88. The number of aliphatic imine (C=N–C) groups is 1. The number of nitro groups is 1. The van der Waals surface area contributed by atoms with Crippen molar-refractivity contribution in [1.82, 2.24) is 15.5 Å². The molecule has 1 aromatic carbocycles. The molecule has 2 N–H and O–H groups in total. The fraction of sp³-hybridized carbons (Fsp3) is 0.579. The van der Waals surface area contributed by atoms with Crippen LogP contribution >= 0.6 is 0 Å². The number of nitrogens with one attached hydrogen (secondary N) is 2. The smallest absolute Gasteiger partial charge is 0.269 e. The summed E-state index contributed by atoms with van der Waals surface area (Å²) in [5.74, 6) is 1.33. The topological polar surface area (TPSA) is 99.9 Å². The van der Waals surface area contributed by atoms with Crippen LogP contribution in [0.25, 0.3) is 0 Å². The minimum Gasteiger partial charge on any atom is -0.354 e. The summed E-state index contributed by atoms with van der Waals surface area (Å²) in [6.45, 7) is 2.82. The Morgan fingerprint density at radius 1 is 1.22 bits per heavy atom. The Morgan fingerprint density at radius 2 is 1.85 bits per heavy atom. The fourth-order valence-electron chi connectivity index (χ4n) is 2.96. The predicted octanol–water partition coefficient (Wildman–Crippen LogP) is 2.30. The number of nitrogens with zero attached hydrogens (tertiary/aromatic N) is 3. The van der Waals surface area contributed by atoms with Gasteiger partial charge < -0.3 is 15.5 Å². The number of hydrogen-bond acceptors (Lipinski definition) is 4. The van der Waals surface area contributed by atoms with Gasteiger partial charge in [-0.2, -0.15) is 0 Å². The molecule has 0 unspecified atom stereocenters. The van der Waals surface area contributed by atoms with Gasteiger partial charge >= 0.3 is 0 Å². The highest BCUT2D eigenvalue weighted by Gasteiger charge is 2.19. The lowest BCUT2D eigenvalue weighted by atomic mass is 9.87. The van der Waals surface area contributed by atoms with Crippen molar-refractivity contribution >= 4 is 17.6 Å². The second-order valence-electron chi connectivity index (χ2n) is 7.33. The van der Waals surface area contributed by atoms with Gasteiger partial charge in [-0.05, 0) is 37.2 Å². The van der Waals surface area contributed by atoms with E-state index in [4.69, 9.17) is 0 Å². The van der Waals surface area contributed by atoms with Crippen LogP contribution < -0.4 is 10.6 Å². The third-order valence-electron chi connectivity index (χ3n) is 4.83. The number of carbonyl (C=O) groups is 1. The van der Waals surface area contributed by atoms with Gasteiger partial charge in [-0.3, -0.25) is 14.9 Å². The van der Waals surface area contributed by atoms with Gasteiger partial charge in [-0.1, -0.05) is 19.1 Å². The monoisotopic (exact) mass is 375 g/mol. The van der Waals surface area contributed by atoms with Crippen molar-refractivity contribution in [3.8, 4) is 0 Å². The highest BCUT2D eigenvalue weighted by atomic mass is 16.6. The molecule has 0 atom stereocenters. The van der Waals surface area contributed by atoms with Crippen LogP contribution in [0.4, 0.5) is 5.69 Å². The number of hydrogen-bond donors (Lipinski definition) is 2. The minimum absolute atomic E-state index is 0.0305. The molecule has 0 aromatic heterocycles. The van der Waals surface area contributed by atoms with Crippen molar-refractivity contribution in [2.24, 2.45) is 10.9 Å². The van der Waals surface area contributed by atoms with Crippen molar-refractivity contribution in [2.45, 2.75) is 45.2 Å². The summed E-state index contributed by atoms with van der Waals surface area (Å²) in [4.78, 5) is 28.3. The van der Waals surface area contributed by atoms with E-state index in [-0.39, 0.29) is 18.1 Å². The Balaban J connectivity index is 2.01. The summed E-state index contributed by atoms with van der Waals surface area (Å²) in [5.41, 5.74) is 0.935. The Kier molecular flexibility index (Phi) is 7.57. The zero-order valence-corrected chi connectivity index (χ0v) is 16.3. The highest BCUT2D eigenvalue weighted by Crippen LogP contribution is 2.23. The Hall–Kier alpha value is -2.64. The number of amides is 1. The van der Waals surface area contributed by atoms with Crippen LogP contribution in [0.3, 0.4) is 0 Å². The molecule has 1 fully saturated rings. The van der Waals surface area contributed by atoms with E-state index < -0.39 is 4.92 Å². The van der Waals surface area contributed by atoms with Crippen LogP contribution in [-0.4, -0.2) is 48.4 Å². The molecule has 0 bridgehead atoms. The number of non-ortho nitro benzene ring substituents is 1. The molecule has 1 aromatic rings. The van der Waals surface area contributed by atoms with E-state index in [0.717, 1.165) is 24.3 Å². The largest absolute Gasteiger partial charge is 0.354 e. The fourth-order valence-corrected chi connectivity index (χ4v) is 2.96. The van der Waals surface area contributed by atoms with Crippen LogP contribution in [0.2, 0.25) is 0 Å². The van der Waals surface area contributed by atoms with Crippen LogP contribution in [0.5, 0.6) is 0 Å². The summed E-state index contributed by atoms with van der Waals surface area (Å²) in [6.07, 6.45) is 4.54. The summed E-state index contributed by atoms with van der Waals surface area (Å²) in [5, 5.41) is 17.3. The number of carbonyl (C=O) groups excluding carboxylic acids is 1. The molecule has 8 heteroatoms. The summed E-state index contributed by atoms with van der Waals surface area (Å²) >= 11 is 0. The zero-order chi connectivity index (χ0) is 19.8. The van der Waals surface area contributed by atoms with E-state index >= 15 is 0 Å². The van der Waals surface area contributed by atoms with Gasteiger partial charge in [0, 0.05) is 32.3 Å².